The molecule has 0 radical (unpaired) electrons. The third-order valence-electron chi connectivity index (χ3n) is 4.81. The van der Waals surface area contributed by atoms with Gasteiger partial charge >= 0.3 is 0 Å². The van der Waals surface area contributed by atoms with Crippen molar-refractivity contribution in [3.8, 4) is 40.0 Å². The topological polar surface area (TPSA) is 93.4 Å². The van der Waals surface area contributed by atoms with Crippen molar-refractivity contribution in [2.45, 2.75) is 26.2 Å². The van der Waals surface area contributed by atoms with Crippen LogP contribution >= 0.6 is 0 Å². The van der Waals surface area contributed by atoms with Gasteiger partial charge in [0.2, 0.25) is 0 Å². The number of benzene rings is 2. The number of phenols is 1. The quantitative estimate of drug-likeness (QED) is 0.671. The molecule has 3 aromatic rings. The lowest BCUT2D eigenvalue weighted by atomic mass is 9.89. The van der Waals surface area contributed by atoms with Crippen LogP contribution in [0.5, 0.6) is 11.5 Å². The number of rotatable bonds is 6. The number of aromatic nitrogens is 1. The molecule has 28 heavy (non-hydrogen) atoms. The van der Waals surface area contributed by atoms with Gasteiger partial charge in [-0.2, -0.15) is 5.26 Å². The van der Waals surface area contributed by atoms with Crippen molar-refractivity contribution >= 4 is 5.82 Å². The first-order chi connectivity index (χ1) is 13.6. The van der Waals surface area contributed by atoms with Crippen LogP contribution in [0.25, 0.3) is 22.4 Å². The smallest absolute Gasteiger partial charge is 0.289 e. The Bertz CT molecular complexity index is 1020. The molecule has 0 aliphatic heterocycles. The predicted molar refractivity (Wildman–Crippen MR) is 110 cm³/mol. The molecule has 5 heteroatoms. The van der Waals surface area contributed by atoms with Crippen LogP contribution in [0.4, 0.5) is 5.82 Å². The monoisotopic (exact) mass is 374 g/mol. The molecule has 1 heterocycles. The van der Waals surface area contributed by atoms with Gasteiger partial charge in [0.15, 0.2) is 11.5 Å². The maximum atomic E-state index is 9.99. The van der Waals surface area contributed by atoms with Gasteiger partial charge in [-0.1, -0.05) is 49.7 Å². The van der Waals surface area contributed by atoms with Crippen molar-refractivity contribution in [3.63, 3.8) is 0 Å². The summed E-state index contributed by atoms with van der Waals surface area (Å²) in [5.41, 5.74) is 11.2. The molecule has 0 aliphatic carbocycles. The summed E-state index contributed by atoms with van der Waals surface area (Å²) in [6, 6.07) is 17.3. The highest BCUT2D eigenvalue weighted by Crippen LogP contribution is 2.38. The van der Waals surface area contributed by atoms with E-state index >= 15 is 0 Å². The zero-order valence-corrected chi connectivity index (χ0v) is 16.1. The molecule has 0 saturated carbocycles. The number of hydrogen-bond donors (Lipinski definition) is 2. The number of hydrogen-bond acceptors (Lipinski definition) is 4. The van der Waals surface area contributed by atoms with Crippen LogP contribution in [-0.4, -0.2) is 12.2 Å². The van der Waals surface area contributed by atoms with E-state index in [9.17, 15) is 10.4 Å². The summed E-state index contributed by atoms with van der Waals surface area (Å²) >= 11 is 0. The lowest BCUT2D eigenvalue weighted by Gasteiger charge is -2.16. The second-order valence-electron chi connectivity index (χ2n) is 6.61. The van der Waals surface area contributed by atoms with Crippen LogP contribution in [0.2, 0.25) is 0 Å². The molecule has 0 unspecified atom stereocenters. The molecule has 0 aliphatic rings. The highest BCUT2D eigenvalue weighted by molar-refractivity contribution is 5.83. The van der Waals surface area contributed by atoms with Crippen molar-refractivity contribution in [2.75, 3.05) is 12.8 Å². The molecule has 142 valence electrons. The molecule has 0 spiro atoms. The maximum Gasteiger partial charge on any atom is 0.289 e. The SMILES string of the molecule is CCCCc1c(-c2ccccc2)[nH+]c(N)c(C#N)c1-c1ccc(O)c(OC)c1. The molecule has 0 fully saturated rings. The molecule has 2 aromatic carbocycles. The summed E-state index contributed by atoms with van der Waals surface area (Å²) in [6.45, 7) is 2.14. The number of aromatic amines is 1. The largest absolute Gasteiger partial charge is 0.504 e. The second-order valence-corrected chi connectivity index (χ2v) is 6.61. The highest BCUT2D eigenvalue weighted by atomic mass is 16.5. The second kappa shape index (κ2) is 8.45. The molecule has 4 N–H and O–H groups in total. The van der Waals surface area contributed by atoms with Gasteiger partial charge in [-0.25, -0.2) is 4.98 Å². The van der Waals surface area contributed by atoms with Gasteiger partial charge in [-0.15, -0.1) is 0 Å². The fourth-order valence-corrected chi connectivity index (χ4v) is 3.41. The Morgan fingerprint density at radius 3 is 2.54 bits per heavy atom. The number of nitrogens with zero attached hydrogens (tertiary/aromatic N) is 1. The van der Waals surface area contributed by atoms with Gasteiger partial charge < -0.3 is 9.84 Å². The molecule has 0 saturated heterocycles. The average molecular weight is 374 g/mol. The Morgan fingerprint density at radius 2 is 1.89 bits per heavy atom. The van der Waals surface area contributed by atoms with Crippen molar-refractivity contribution in [2.24, 2.45) is 0 Å². The summed E-state index contributed by atoms with van der Waals surface area (Å²) in [5.74, 6) is 0.734. The first-order valence-electron chi connectivity index (χ1n) is 9.31. The van der Waals surface area contributed by atoms with Crippen molar-refractivity contribution in [1.82, 2.24) is 0 Å². The number of H-pyrrole nitrogens is 1. The number of unbranched alkanes of at least 4 members (excludes halogenated alkanes) is 1. The zero-order chi connectivity index (χ0) is 20.1. The number of pyridine rings is 1. The lowest BCUT2D eigenvalue weighted by molar-refractivity contribution is -0.347. The van der Waals surface area contributed by atoms with E-state index in [-0.39, 0.29) is 5.75 Å². The zero-order valence-electron chi connectivity index (χ0n) is 16.1. The Morgan fingerprint density at radius 1 is 1.14 bits per heavy atom. The van der Waals surface area contributed by atoms with Gasteiger partial charge in [-0.3, -0.25) is 5.73 Å². The van der Waals surface area contributed by atoms with Gasteiger partial charge in [0, 0.05) is 16.7 Å². The van der Waals surface area contributed by atoms with E-state index in [0.29, 0.717) is 17.1 Å². The number of nitriles is 1. The van der Waals surface area contributed by atoms with E-state index in [2.05, 4.69) is 18.0 Å². The lowest BCUT2D eigenvalue weighted by Crippen LogP contribution is -2.20. The van der Waals surface area contributed by atoms with E-state index in [1.165, 1.54) is 7.11 Å². The van der Waals surface area contributed by atoms with Crippen molar-refractivity contribution in [3.05, 3.63) is 59.7 Å². The van der Waals surface area contributed by atoms with Crippen molar-refractivity contribution in [1.29, 1.82) is 5.26 Å². The Labute approximate surface area is 165 Å². The van der Waals surface area contributed by atoms with Crippen LogP contribution in [0.15, 0.2) is 48.5 Å². The minimum absolute atomic E-state index is 0.0543. The maximum absolute atomic E-state index is 9.99. The summed E-state index contributed by atoms with van der Waals surface area (Å²) in [5, 5.41) is 19.8. The number of nitrogen functional groups attached to an aromatic ring is 1. The summed E-state index contributed by atoms with van der Waals surface area (Å²) in [7, 11) is 1.50. The molecule has 0 bridgehead atoms. The van der Waals surface area contributed by atoms with Gasteiger partial charge in [0.05, 0.1) is 7.11 Å². The first kappa shape index (κ1) is 19.2. The number of anilines is 1. The number of nitrogens with one attached hydrogen (secondary N) is 1. The molecule has 0 amide bonds. The summed E-state index contributed by atoms with van der Waals surface area (Å²) < 4.78 is 5.27. The normalized spacial score (nSPS) is 10.5. The molecule has 0 atom stereocenters. The van der Waals surface area contributed by atoms with E-state index in [0.717, 1.165) is 47.2 Å². The molecule has 5 nitrogen and oxygen atoms in total. The minimum Gasteiger partial charge on any atom is -0.504 e. The van der Waals surface area contributed by atoms with Crippen LogP contribution in [0, 0.1) is 11.3 Å². The van der Waals surface area contributed by atoms with Crippen LogP contribution in [-0.2, 0) is 6.42 Å². The third kappa shape index (κ3) is 3.63. The number of ether oxygens (including phenoxy) is 1. The van der Waals surface area contributed by atoms with Gasteiger partial charge in [0.25, 0.3) is 5.82 Å². The Balaban J connectivity index is 2.36. The first-order valence-corrected chi connectivity index (χ1v) is 9.31. The number of aromatic hydroxyl groups is 1. The van der Waals surface area contributed by atoms with Crippen LogP contribution in [0.3, 0.4) is 0 Å². The third-order valence-corrected chi connectivity index (χ3v) is 4.81. The number of methoxy groups -OCH3 is 1. The minimum atomic E-state index is 0.0543. The van der Waals surface area contributed by atoms with E-state index in [1.54, 1.807) is 18.2 Å². The molecule has 3 rings (SSSR count). The fraction of sp³-hybridized carbons (Fsp3) is 0.217. The van der Waals surface area contributed by atoms with E-state index in [4.69, 9.17) is 10.5 Å². The van der Waals surface area contributed by atoms with Gasteiger partial charge in [0.1, 0.15) is 17.3 Å². The number of nitrogens with two attached hydrogens (primary N) is 1. The van der Waals surface area contributed by atoms with Gasteiger partial charge in [-0.05, 0) is 30.5 Å². The van der Waals surface area contributed by atoms with Crippen LogP contribution in [0.1, 0.15) is 30.9 Å². The Hall–Kier alpha value is -3.52. The fourth-order valence-electron chi connectivity index (χ4n) is 3.41. The van der Waals surface area contributed by atoms with E-state index < -0.39 is 0 Å². The Kier molecular flexibility index (Phi) is 5.81. The summed E-state index contributed by atoms with van der Waals surface area (Å²) in [4.78, 5) is 3.25. The van der Waals surface area contributed by atoms with E-state index in [1.807, 2.05) is 30.3 Å². The highest BCUT2D eigenvalue weighted by Gasteiger charge is 2.24. The standard InChI is InChI=1S/C23H23N3O2/c1-3-4-10-17-21(16-11-12-19(27)20(13-16)28-2)18(14-24)23(25)26-22(17)15-8-6-5-7-9-15/h5-9,11-13,27H,3-4,10H2,1-2H3,(H2,25,26)/p+1. The van der Waals surface area contributed by atoms with Crippen molar-refractivity contribution < 1.29 is 14.8 Å². The van der Waals surface area contributed by atoms with Crippen LogP contribution < -0.4 is 15.5 Å². The predicted octanol–water partition coefficient (Wildman–Crippen LogP) is 4.35. The number of phenolic OH excluding ortho intramolecular Hbond substituents is 1. The summed E-state index contributed by atoms with van der Waals surface area (Å²) in [6.07, 6.45) is 2.80. The molecular formula is C23H24N3O2+. The average Bonchev–Trinajstić information content (AvgIpc) is 2.73. The molecule has 1 aromatic heterocycles. The molecular weight excluding hydrogens is 350 g/mol.